The van der Waals surface area contributed by atoms with Crippen LogP contribution in [0.2, 0.25) is 10.2 Å². The summed E-state index contributed by atoms with van der Waals surface area (Å²) in [6, 6.07) is 5.40. The Morgan fingerprint density at radius 2 is 2.13 bits per heavy atom. The lowest BCUT2D eigenvalue weighted by atomic mass is 10.2. The zero-order valence-electron chi connectivity index (χ0n) is 7.83. The van der Waals surface area contributed by atoms with Crippen LogP contribution in [0, 0.1) is 0 Å². The van der Waals surface area contributed by atoms with Gasteiger partial charge in [-0.15, -0.1) is 11.3 Å². The first-order valence-electron chi connectivity index (χ1n) is 4.15. The number of ether oxygens (including phenoxy) is 1. The fraction of sp³-hybridized carbons (Fsp3) is 0.100. The van der Waals surface area contributed by atoms with Crippen molar-refractivity contribution in [1.82, 2.24) is 4.98 Å². The van der Waals surface area contributed by atoms with Gasteiger partial charge in [-0.2, -0.15) is 0 Å². The van der Waals surface area contributed by atoms with Crippen LogP contribution >= 0.6 is 34.5 Å². The molecular weight excluding hydrogens is 253 g/mol. The monoisotopic (exact) mass is 259 g/mol. The van der Waals surface area contributed by atoms with Crippen molar-refractivity contribution in [2.75, 3.05) is 7.11 Å². The molecule has 0 amide bonds. The van der Waals surface area contributed by atoms with Gasteiger partial charge in [0.2, 0.25) is 0 Å². The SMILES string of the molecule is COc1ccc(Cl)cc1-c1nc(Cl)cs1. The van der Waals surface area contributed by atoms with Crippen LogP contribution in [-0.4, -0.2) is 12.1 Å². The second kappa shape index (κ2) is 4.39. The van der Waals surface area contributed by atoms with E-state index in [1.165, 1.54) is 11.3 Å². The van der Waals surface area contributed by atoms with E-state index in [9.17, 15) is 0 Å². The summed E-state index contributed by atoms with van der Waals surface area (Å²) < 4.78 is 5.23. The number of rotatable bonds is 2. The van der Waals surface area contributed by atoms with Crippen molar-refractivity contribution in [3.05, 3.63) is 33.8 Å². The van der Waals surface area contributed by atoms with Crippen LogP contribution in [-0.2, 0) is 0 Å². The first-order valence-corrected chi connectivity index (χ1v) is 5.79. The average molecular weight is 260 g/mol. The van der Waals surface area contributed by atoms with E-state index < -0.39 is 0 Å². The molecule has 0 spiro atoms. The van der Waals surface area contributed by atoms with Gasteiger partial charge in [0.25, 0.3) is 0 Å². The largest absolute Gasteiger partial charge is 0.496 e. The second-order valence-electron chi connectivity index (χ2n) is 2.82. The van der Waals surface area contributed by atoms with Crippen molar-refractivity contribution >= 4 is 34.5 Å². The summed E-state index contributed by atoms with van der Waals surface area (Å²) in [6.07, 6.45) is 0. The third kappa shape index (κ3) is 2.25. The summed E-state index contributed by atoms with van der Waals surface area (Å²) in [5.41, 5.74) is 0.863. The lowest BCUT2D eigenvalue weighted by Crippen LogP contribution is -1.87. The number of thiazole rings is 1. The maximum absolute atomic E-state index is 5.92. The first kappa shape index (κ1) is 10.7. The molecular formula is C10H7Cl2NOS. The summed E-state index contributed by atoms with van der Waals surface area (Å²) in [4.78, 5) is 4.18. The first-order chi connectivity index (χ1) is 7.20. The molecule has 0 N–H and O–H groups in total. The molecule has 15 heavy (non-hydrogen) atoms. The van der Waals surface area contributed by atoms with E-state index in [1.807, 2.05) is 12.1 Å². The molecule has 0 aliphatic carbocycles. The number of nitrogens with zero attached hydrogens (tertiary/aromatic N) is 1. The molecule has 0 saturated carbocycles. The highest BCUT2D eigenvalue weighted by Crippen LogP contribution is 2.35. The van der Waals surface area contributed by atoms with Crippen LogP contribution in [0.1, 0.15) is 0 Å². The molecule has 5 heteroatoms. The van der Waals surface area contributed by atoms with Crippen LogP contribution in [0.25, 0.3) is 10.6 Å². The molecule has 0 aliphatic rings. The maximum atomic E-state index is 5.92. The second-order valence-corrected chi connectivity index (χ2v) is 4.50. The Morgan fingerprint density at radius 3 is 2.73 bits per heavy atom. The van der Waals surface area contributed by atoms with Crippen molar-refractivity contribution in [2.24, 2.45) is 0 Å². The normalized spacial score (nSPS) is 10.3. The zero-order valence-corrected chi connectivity index (χ0v) is 10.2. The van der Waals surface area contributed by atoms with Gasteiger partial charge in [0.05, 0.1) is 12.7 Å². The van der Waals surface area contributed by atoms with Crippen LogP contribution in [0.3, 0.4) is 0 Å². The summed E-state index contributed by atoms with van der Waals surface area (Å²) >= 11 is 13.1. The molecule has 0 bridgehead atoms. The fourth-order valence-electron chi connectivity index (χ4n) is 1.23. The van der Waals surface area contributed by atoms with E-state index >= 15 is 0 Å². The Morgan fingerprint density at radius 1 is 1.33 bits per heavy atom. The third-order valence-electron chi connectivity index (χ3n) is 1.87. The molecule has 2 aromatic rings. The average Bonchev–Trinajstić information content (AvgIpc) is 2.65. The minimum atomic E-state index is 0.483. The van der Waals surface area contributed by atoms with Crippen LogP contribution < -0.4 is 4.74 Å². The highest BCUT2D eigenvalue weighted by Gasteiger charge is 2.10. The molecule has 1 aromatic heterocycles. The van der Waals surface area contributed by atoms with Gasteiger partial charge in [-0.3, -0.25) is 0 Å². The van der Waals surface area contributed by atoms with Crippen LogP contribution in [0.4, 0.5) is 0 Å². The lowest BCUT2D eigenvalue weighted by molar-refractivity contribution is 0.416. The van der Waals surface area contributed by atoms with Gasteiger partial charge in [-0.1, -0.05) is 23.2 Å². The Balaban J connectivity index is 2.55. The Labute approximate surface area is 101 Å². The van der Waals surface area contributed by atoms with Crippen molar-refractivity contribution in [3.63, 3.8) is 0 Å². The molecule has 0 radical (unpaired) electrons. The molecule has 0 aliphatic heterocycles. The molecule has 78 valence electrons. The van der Waals surface area contributed by atoms with Gasteiger partial charge >= 0.3 is 0 Å². The number of hydrogen-bond donors (Lipinski definition) is 0. The highest BCUT2D eigenvalue weighted by atomic mass is 35.5. The summed E-state index contributed by atoms with van der Waals surface area (Å²) in [5.74, 6) is 0.741. The quantitative estimate of drug-likeness (QED) is 0.810. The van der Waals surface area contributed by atoms with Gasteiger partial charge < -0.3 is 4.74 Å². The van der Waals surface area contributed by atoms with E-state index in [2.05, 4.69) is 4.98 Å². The summed E-state index contributed by atoms with van der Waals surface area (Å²) in [7, 11) is 1.61. The van der Waals surface area contributed by atoms with Gasteiger partial charge in [-0.25, -0.2) is 4.98 Å². The number of aromatic nitrogens is 1. The van der Waals surface area contributed by atoms with E-state index in [1.54, 1.807) is 18.6 Å². The molecule has 2 rings (SSSR count). The Hall–Kier alpha value is -0.770. The van der Waals surface area contributed by atoms with Crippen molar-refractivity contribution in [1.29, 1.82) is 0 Å². The molecule has 0 saturated heterocycles. The Bertz CT molecular complexity index is 484. The van der Waals surface area contributed by atoms with Gasteiger partial charge in [0.15, 0.2) is 0 Å². The maximum Gasteiger partial charge on any atom is 0.140 e. The van der Waals surface area contributed by atoms with Crippen LogP contribution in [0.5, 0.6) is 5.75 Å². The van der Waals surface area contributed by atoms with E-state index in [4.69, 9.17) is 27.9 Å². The predicted octanol–water partition coefficient (Wildman–Crippen LogP) is 4.13. The van der Waals surface area contributed by atoms with Crippen LogP contribution in [0.15, 0.2) is 23.6 Å². The third-order valence-corrected chi connectivity index (χ3v) is 3.30. The van der Waals surface area contributed by atoms with Gasteiger partial charge in [0.1, 0.15) is 15.9 Å². The zero-order chi connectivity index (χ0) is 10.8. The molecule has 0 atom stereocenters. The van der Waals surface area contributed by atoms with E-state index in [0.717, 1.165) is 16.3 Å². The van der Waals surface area contributed by atoms with Crippen molar-refractivity contribution in [2.45, 2.75) is 0 Å². The highest BCUT2D eigenvalue weighted by molar-refractivity contribution is 7.13. The van der Waals surface area contributed by atoms with E-state index in [-0.39, 0.29) is 0 Å². The smallest absolute Gasteiger partial charge is 0.140 e. The van der Waals surface area contributed by atoms with E-state index in [0.29, 0.717) is 10.2 Å². The summed E-state index contributed by atoms with van der Waals surface area (Å²) in [6.45, 7) is 0. The number of benzene rings is 1. The minimum absolute atomic E-state index is 0.483. The number of hydrogen-bond acceptors (Lipinski definition) is 3. The topological polar surface area (TPSA) is 22.1 Å². The molecule has 0 fully saturated rings. The van der Waals surface area contributed by atoms with Gasteiger partial charge in [-0.05, 0) is 18.2 Å². The number of methoxy groups -OCH3 is 1. The number of halogens is 2. The standard InChI is InChI=1S/C10H7Cl2NOS/c1-14-8-3-2-6(11)4-7(8)10-13-9(12)5-15-10/h2-5H,1H3. The minimum Gasteiger partial charge on any atom is -0.496 e. The Kier molecular flexibility index (Phi) is 3.14. The molecule has 2 nitrogen and oxygen atoms in total. The summed E-state index contributed by atoms with van der Waals surface area (Å²) in [5, 5.41) is 3.71. The molecule has 1 heterocycles. The van der Waals surface area contributed by atoms with Gasteiger partial charge in [0, 0.05) is 10.4 Å². The molecule has 1 aromatic carbocycles. The molecule has 0 unspecified atom stereocenters. The van der Waals surface area contributed by atoms with Crippen molar-refractivity contribution in [3.8, 4) is 16.3 Å². The predicted molar refractivity (Wildman–Crippen MR) is 64.1 cm³/mol. The lowest BCUT2D eigenvalue weighted by Gasteiger charge is -2.05. The van der Waals surface area contributed by atoms with Crippen molar-refractivity contribution < 1.29 is 4.74 Å². The fourth-order valence-corrected chi connectivity index (χ4v) is 2.36.